The zero-order valence-corrected chi connectivity index (χ0v) is 13.6. The van der Waals surface area contributed by atoms with Crippen molar-refractivity contribution in [1.29, 1.82) is 0 Å². The van der Waals surface area contributed by atoms with Gasteiger partial charge in [0, 0.05) is 12.6 Å². The predicted octanol–water partition coefficient (Wildman–Crippen LogP) is -0.0444. The summed E-state index contributed by atoms with van der Waals surface area (Å²) in [7, 11) is 2.16. The third kappa shape index (κ3) is 5.57. The number of aliphatic hydroxyl groups excluding tert-OH is 2. The van der Waals surface area contributed by atoms with Crippen molar-refractivity contribution in [1.82, 2.24) is 4.90 Å². The van der Waals surface area contributed by atoms with Gasteiger partial charge in [0.15, 0.2) is 12.2 Å². The van der Waals surface area contributed by atoms with Gasteiger partial charge in [0.1, 0.15) is 0 Å². The van der Waals surface area contributed by atoms with E-state index in [1.54, 1.807) is 0 Å². The summed E-state index contributed by atoms with van der Waals surface area (Å²) >= 11 is 0. The van der Waals surface area contributed by atoms with Gasteiger partial charge in [-0.1, -0.05) is 30.3 Å². The molecule has 1 fully saturated rings. The summed E-state index contributed by atoms with van der Waals surface area (Å²) in [5, 5.41) is 32.5. The number of morpholine rings is 1. The topological polar surface area (TPSA) is 128 Å². The highest BCUT2D eigenvalue weighted by atomic mass is 16.5. The molecule has 134 valence electrons. The van der Waals surface area contributed by atoms with Crippen molar-refractivity contribution < 1.29 is 34.8 Å². The highest BCUT2D eigenvalue weighted by Crippen LogP contribution is 2.26. The van der Waals surface area contributed by atoms with Crippen molar-refractivity contribution in [3.8, 4) is 0 Å². The van der Waals surface area contributed by atoms with E-state index in [0.29, 0.717) is 6.04 Å². The molecule has 0 amide bonds. The lowest BCUT2D eigenvalue weighted by atomic mass is 10.0. The molecule has 8 nitrogen and oxygen atoms in total. The average Bonchev–Trinajstić information content (AvgIpc) is 2.57. The fourth-order valence-electron chi connectivity index (χ4n) is 2.19. The number of hydrogen-bond acceptors (Lipinski definition) is 6. The lowest BCUT2D eigenvalue weighted by molar-refractivity contribution is -0.165. The first kappa shape index (κ1) is 20.0. The van der Waals surface area contributed by atoms with Crippen molar-refractivity contribution in [2.24, 2.45) is 0 Å². The molecule has 1 aromatic carbocycles. The van der Waals surface area contributed by atoms with Crippen LogP contribution in [0.5, 0.6) is 0 Å². The van der Waals surface area contributed by atoms with Crippen molar-refractivity contribution >= 4 is 11.9 Å². The molecule has 8 heteroatoms. The molecule has 2 rings (SSSR count). The average molecular weight is 341 g/mol. The van der Waals surface area contributed by atoms with Crippen LogP contribution in [0, 0.1) is 0 Å². The maximum atomic E-state index is 9.77. The number of ether oxygens (including phenoxy) is 1. The Morgan fingerprint density at radius 2 is 1.62 bits per heavy atom. The number of benzene rings is 1. The van der Waals surface area contributed by atoms with Gasteiger partial charge in [0.05, 0.1) is 12.7 Å². The molecule has 0 radical (unpaired) electrons. The van der Waals surface area contributed by atoms with Gasteiger partial charge in [0.2, 0.25) is 0 Å². The Morgan fingerprint density at radius 1 is 1.12 bits per heavy atom. The van der Waals surface area contributed by atoms with E-state index in [2.05, 4.69) is 43.1 Å². The second-order valence-corrected chi connectivity index (χ2v) is 5.49. The monoisotopic (exact) mass is 341 g/mol. The van der Waals surface area contributed by atoms with E-state index in [9.17, 15) is 9.59 Å². The molecule has 4 N–H and O–H groups in total. The number of likely N-dealkylation sites (N-methyl/N-ethyl adjacent to an activating group) is 1. The Morgan fingerprint density at radius 3 is 2.08 bits per heavy atom. The lowest BCUT2D eigenvalue weighted by Crippen LogP contribution is -2.42. The van der Waals surface area contributed by atoms with Gasteiger partial charge in [-0.15, -0.1) is 0 Å². The number of carbonyl (C=O) groups is 2. The first-order valence-corrected chi connectivity index (χ1v) is 7.44. The van der Waals surface area contributed by atoms with Gasteiger partial charge < -0.3 is 25.2 Å². The fraction of sp³-hybridized carbons (Fsp3) is 0.500. The number of rotatable bonds is 4. The van der Waals surface area contributed by atoms with Gasteiger partial charge >= 0.3 is 11.9 Å². The molecule has 0 spiro atoms. The Bertz CT molecular complexity index is 518. The van der Waals surface area contributed by atoms with Crippen molar-refractivity contribution in [2.45, 2.75) is 31.3 Å². The molecule has 0 aromatic heterocycles. The minimum Gasteiger partial charge on any atom is -0.479 e. The van der Waals surface area contributed by atoms with Crippen LogP contribution in [0.25, 0.3) is 0 Å². The Balaban J connectivity index is 0.000000257. The SMILES string of the molecule is C[C@H]1[C@H](c2ccccc2)OCCN1C.O=C(O)C(O)C(O)C(=O)O. The summed E-state index contributed by atoms with van der Waals surface area (Å²) < 4.78 is 5.80. The number of carboxylic acid groups (broad SMARTS) is 2. The number of aliphatic hydroxyl groups is 2. The van der Waals surface area contributed by atoms with Gasteiger partial charge in [0.25, 0.3) is 0 Å². The molecule has 0 saturated carbocycles. The summed E-state index contributed by atoms with van der Waals surface area (Å²) in [4.78, 5) is 21.9. The molecule has 24 heavy (non-hydrogen) atoms. The van der Waals surface area contributed by atoms with Crippen LogP contribution < -0.4 is 0 Å². The summed E-state index contributed by atoms with van der Waals surface area (Å²) in [6.07, 6.45) is -4.30. The van der Waals surface area contributed by atoms with Crippen LogP contribution in [0.1, 0.15) is 18.6 Å². The van der Waals surface area contributed by atoms with Crippen molar-refractivity contribution in [3.05, 3.63) is 35.9 Å². The van der Waals surface area contributed by atoms with E-state index in [1.807, 2.05) is 6.07 Å². The standard InChI is InChI=1S/C12H17NO.C4H6O6/c1-10-12(14-9-8-13(10)2)11-6-4-3-5-7-11;5-1(3(7)8)2(6)4(9)10/h3-7,10,12H,8-9H2,1-2H3;1-2,5-6H,(H,7,8)(H,9,10)/t10-,12+;/m0./s1. The van der Waals surface area contributed by atoms with Crippen LogP contribution >= 0.6 is 0 Å². The predicted molar refractivity (Wildman–Crippen MR) is 84.5 cm³/mol. The smallest absolute Gasteiger partial charge is 0.335 e. The number of nitrogens with zero attached hydrogens (tertiary/aromatic N) is 1. The molecule has 0 aliphatic carbocycles. The van der Waals surface area contributed by atoms with Crippen LogP contribution in [-0.2, 0) is 14.3 Å². The molecule has 1 heterocycles. The van der Waals surface area contributed by atoms with Crippen molar-refractivity contribution in [3.63, 3.8) is 0 Å². The molecule has 1 aliphatic heterocycles. The maximum absolute atomic E-state index is 9.77. The van der Waals surface area contributed by atoms with Gasteiger partial charge in [-0.25, -0.2) is 9.59 Å². The fourth-order valence-corrected chi connectivity index (χ4v) is 2.19. The molecular formula is C16H23NO7. The summed E-state index contributed by atoms with van der Waals surface area (Å²) in [5.74, 6) is -3.54. The van der Waals surface area contributed by atoms with E-state index in [0.717, 1.165) is 13.2 Å². The highest BCUT2D eigenvalue weighted by Gasteiger charge is 2.29. The quantitative estimate of drug-likeness (QED) is 0.600. The molecule has 4 atom stereocenters. The van der Waals surface area contributed by atoms with E-state index in [-0.39, 0.29) is 6.10 Å². The lowest BCUT2D eigenvalue weighted by Gasteiger charge is -2.37. The zero-order valence-electron chi connectivity index (χ0n) is 13.6. The number of hydrogen-bond donors (Lipinski definition) is 4. The summed E-state index contributed by atoms with van der Waals surface area (Å²) in [5.41, 5.74) is 1.28. The minimum absolute atomic E-state index is 0.231. The van der Waals surface area contributed by atoms with Crippen molar-refractivity contribution in [2.75, 3.05) is 20.2 Å². The van der Waals surface area contributed by atoms with E-state index >= 15 is 0 Å². The van der Waals surface area contributed by atoms with Crippen LogP contribution in [0.2, 0.25) is 0 Å². The highest BCUT2D eigenvalue weighted by molar-refractivity contribution is 5.83. The summed E-state index contributed by atoms with van der Waals surface area (Å²) in [6, 6.07) is 10.9. The molecule has 2 unspecified atom stereocenters. The summed E-state index contributed by atoms with van der Waals surface area (Å²) in [6.45, 7) is 4.09. The zero-order chi connectivity index (χ0) is 18.3. The molecule has 0 bridgehead atoms. The Labute approximate surface area is 139 Å². The van der Waals surface area contributed by atoms with Gasteiger partial charge in [-0.05, 0) is 19.5 Å². The normalized spacial score (nSPS) is 23.5. The Kier molecular flexibility index (Phi) is 7.80. The number of carboxylic acids is 2. The minimum atomic E-state index is -2.27. The van der Waals surface area contributed by atoms with E-state index in [1.165, 1.54) is 5.56 Å². The first-order valence-electron chi connectivity index (χ1n) is 7.44. The second-order valence-electron chi connectivity index (χ2n) is 5.49. The largest absolute Gasteiger partial charge is 0.479 e. The first-order chi connectivity index (χ1) is 11.3. The second kappa shape index (κ2) is 9.33. The molecule has 1 saturated heterocycles. The molecule has 1 aromatic rings. The molecular weight excluding hydrogens is 318 g/mol. The van der Waals surface area contributed by atoms with Crippen LogP contribution in [0.4, 0.5) is 0 Å². The van der Waals surface area contributed by atoms with E-state index < -0.39 is 24.1 Å². The van der Waals surface area contributed by atoms with Crippen LogP contribution in [0.3, 0.4) is 0 Å². The third-order valence-corrected chi connectivity index (χ3v) is 3.81. The third-order valence-electron chi connectivity index (χ3n) is 3.81. The van der Waals surface area contributed by atoms with Gasteiger partial charge in [-0.2, -0.15) is 0 Å². The number of aliphatic carboxylic acids is 2. The van der Waals surface area contributed by atoms with Gasteiger partial charge in [-0.3, -0.25) is 4.90 Å². The molecule has 1 aliphatic rings. The van der Waals surface area contributed by atoms with Crippen LogP contribution in [-0.4, -0.2) is 75.7 Å². The van der Waals surface area contributed by atoms with E-state index in [4.69, 9.17) is 25.2 Å². The maximum Gasteiger partial charge on any atom is 0.335 e. The van der Waals surface area contributed by atoms with Crippen LogP contribution in [0.15, 0.2) is 30.3 Å². The Hall–Kier alpha value is -2.00.